The first kappa shape index (κ1) is 23.8. The molecular formula is C19H22BrN5O3S2. The smallest absolute Gasteiger partial charge is 0.248 e. The van der Waals surface area contributed by atoms with Gasteiger partial charge in [-0.2, -0.15) is 0 Å². The number of hydrogen-bond donors (Lipinski definition) is 3. The number of aryl methyl sites for hydroxylation is 1. The van der Waals surface area contributed by atoms with E-state index in [1.807, 2.05) is 26.2 Å². The maximum Gasteiger partial charge on any atom is 0.248 e. The fourth-order valence-corrected chi connectivity index (χ4v) is 4.29. The molecule has 3 rings (SSSR count). The summed E-state index contributed by atoms with van der Waals surface area (Å²) in [7, 11) is 0. The van der Waals surface area contributed by atoms with E-state index in [1.165, 1.54) is 29.6 Å². The molecule has 0 radical (unpaired) electrons. The molecule has 2 heterocycles. The number of anilines is 3. The highest BCUT2D eigenvalue weighted by Gasteiger charge is 2.16. The molecule has 0 aliphatic rings. The molecule has 0 saturated carbocycles. The minimum Gasteiger partial charge on any atom is -0.489 e. The molecule has 2 aromatic heterocycles. The Kier molecular flexibility index (Phi) is 7.93. The van der Waals surface area contributed by atoms with Gasteiger partial charge in [0, 0.05) is 17.9 Å². The van der Waals surface area contributed by atoms with Crippen molar-refractivity contribution in [3.05, 3.63) is 34.8 Å². The van der Waals surface area contributed by atoms with Gasteiger partial charge in [-0.1, -0.05) is 11.3 Å². The predicted molar refractivity (Wildman–Crippen MR) is 127 cm³/mol. The summed E-state index contributed by atoms with van der Waals surface area (Å²) in [5.41, 5.74) is 7.92. The monoisotopic (exact) mass is 511 g/mol. The van der Waals surface area contributed by atoms with E-state index in [0.717, 1.165) is 16.3 Å². The highest BCUT2D eigenvalue weighted by Crippen LogP contribution is 2.36. The zero-order valence-electron chi connectivity index (χ0n) is 16.8. The Labute approximate surface area is 192 Å². The number of halogens is 1. The first-order valence-electron chi connectivity index (χ1n) is 8.81. The number of nitrogens with two attached hydrogens (primary N) is 1. The second-order valence-electron chi connectivity index (χ2n) is 6.52. The SMILES string of the molecule is Br.CC(=O)Nc1nc(C)c(-c2csc(Nc3cc(C(N)=O)ccc3OC(C)C)n2)s1. The van der Waals surface area contributed by atoms with E-state index >= 15 is 0 Å². The zero-order valence-corrected chi connectivity index (χ0v) is 20.2. The minimum atomic E-state index is -0.519. The van der Waals surface area contributed by atoms with Crippen LogP contribution in [0.5, 0.6) is 5.75 Å². The number of primary amides is 1. The average Bonchev–Trinajstić information content (AvgIpc) is 3.21. The van der Waals surface area contributed by atoms with Crippen molar-refractivity contribution in [3.63, 3.8) is 0 Å². The number of rotatable bonds is 7. The van der Waals surface area contributed by atoms with E-state index in [-0.39, 0.29) is 29.0 Å². The van der Waals surface area contributed by atoms with Crippen molar-refractivity contribution in [2.75, 3.05) is 10.6 Å². The fraction of sp³-hybridized carbons (Fsp3) is 0.263. The normalized spacial score (nSPS) is 10.4. The molecule has 1 aromatic carbocycles. The summed E-state index contributed by atoms with van der Waals surface area (Å²) >= 11 is 2.78. The second kappa shape index (κ2) is 10.0. The predicted octanol–water partition coefficient (Wildman–Crippen LogP) is 4.74. The first-order valence-corrected chi connectivity index (χ1v) is 10.5. The number of benzene rings is 1. The van der Waals surface area contributed by atoms with Gasteiger partial charge in [0.05, 0.1) is 28.1 Å². The van der Waals surface area contributed by atoms with Crippen LogP contribution in [0.1, 0.15) is 36.8 Å². The zero-order chi connectivity index (χ0) is 21.1. The van der Waals surface area contributed by atoms with Gasteiger partial charge in [-0.15, -0.1) is 28.3 Å². The van der Waals surface area contributed by atoms with Crippen molar-refractivity contribution < 1.29 is 14.3 Å². The molecule has 0 aliphatic heterocycles. The van der Waals surface area contributed by atoms with E-state index in [0.29, 0.717) is 27.3 Å². The largest absolute Gasteiger partial charge is 0.489 e. The number of nitrogens with one attached hydrogen (secondary N) is 2. The van der Waals surface area contributed by atoms with Gasteiger partial charge in [0.1, 0.15) is 5.75 Å². The molecule has 8 nitrogen and oxygen atoms in total. The Balaban J connectivity index is 0.00000320. The number of ether oxygens (including phenoxy) is 1. The summed E-state index contributed by atoms with van der Waals surface area (Å²) < 4.78 is 5.82. The minimum absolute atomic E-state index is 0. The molecule has 0 unspecified atom stereocenters. The first-order chi connectivity index (χ1) is 13.7. The van der Waals surface area contributed by atoms with Crippen LogP contribution < -0.4 is 21.1 Å². The number of amides is 2. The van der Waals surface area contributed by atoms with E-state index in [1.54, 1.807) is 18.2 Å². The van der Waals surface area contributed by atoms with Crippen LogP contribution in [0.3, 0.4) is 0 Å². The van der Waals surface area contributed by atoms with Gasteiger partial charge in [-0.05, 0) is 39.0 Å². The van der Waals surface area contributed by atoms with Crippen LogP contribution >= 0.6 is 39.7 Å². The van der Waals surface area contributed by atoms with Gasteiger partial charge in [-0.25, -0.2) is 9.97 Å². The van der Waals surface area contributed by atoms with Crippen LogP contribution in [0.15, 0.2) is 23.6 Å². The van der Waals surface area contributed by atoms with Crippen LogP contribution in [-0.2, 0) is 4.79 Å². The summed E-state index contributed by atoms with van der Waals surface area (Å²) in [5.74, 6) is -0.0867. The number of aromatic nitrogens is 2. The lowest BCUT2D eigenvalue weighted by Gasteiger charge is -2.15. The lowest BCUT2D eigenvalue weighted by atomic mass is 10.1. The standard InChI is InChI=1S/C19H21N5O3S2.BrH/c1-9(2)27-15-6-5-12(17(20)26)7-13(15)23-18-24-14(8-28-18)16-10(3)21-19(29-16)22-11(4)25;/h5-9H,1-4H3,(H2,20,26)(H,23,24)(H,21,22,25);1H. The van der Waals surface area contributed by atoms with Gasteiger partial charge in [0.2, 0.25) is 11.8 Å². The average molecular weight is 512 g/mol. The van der Waals surface area contributed by atoms with Crippen LogP contribution in [0, 0.1) is 6.92 Å². The summed E-state index contributed by atoms with van der Waals surface area (Å²) in [6, 6.07) is 4.99. The second-order valence-corrected chi connectivity index (χ2v) is 8.38. The molecule has 0 aliphatic carbocycles. The summed E-state index contributed by atoms with van der Waals surface area (Å²) in [6.45, 7) is 7.16. The van der Waals surface area contributed by atoms with Gasteiger partial charge >= 0.3 is 0 Å². The molecule has 0 spiro atoms. The van der Waals surface area contributed by atoms with Gasteiger partial charge in [-0.3, -0.25) is 9.59 Å². The van der Waals surface area contributed by atoms with Crippen molar-refractivity contribution in [2.45, 2.75) is 33.8 Å². The third-order valence-corrected chi connectivity index (χ3v) is 5.54. The molecule has 0 fully saturated rings. The highest BCUT2D eigenvalue weighted by atomic mass is 79.9. The van der Waals surface area contributed by atoms with Crippen molar-refractivity contribution >= 4 is 67.4 Å². The lowest BCUT2D eigenvalue weighted by Crippen LogP contribution is -2.12. The number of carbonyl (C=O) groups excluding carboxylic acids is 2. The molecular weight excluding hydrogens is 490 g/mol. The molecule has 11 heteroatoms. The van der Waals surface area contributed by atoms with Crippen LogP contribution in [-0.4, -0.2) is 27.9 Å². The Bertz CT molecular complexity index is 1060. The number of hydrogen-bond acceptors (Lipinski definition) is 8. The third-order valence-electron chi connectivity index (χ3n) is 3.68. The van der Waals surface area contributed by atoms with Gasteiger partial charge < -0.3 is 21.1 Å². The highest BCUT2D eigenvalue weighted by molar-refractivity contribution is 8.93. The molecule has 0 saturated heterocycles. The number of carbonyl (C=O) groups is 2. The Morgan fingerprint density at radius 1 is 1.20 bits per heavy atom. The van der Waals surface area contributed by atoms with Crippen molar-refractivity contribution in [1.29, 1.82) is 0 Å². The number of thiazole rings is 2. The lowest BCUT2D eigenvalue weighted by molar-refractivity contribution is -0.114. The number of nitrogens with zero attached hydrogens (tertiary/aromatic N) is 2. The van der Waals surface area contributed by atoms with Gasteiger partial charge in [0.15, 0.2) is 10.3 Å². The fourth-order valence-electron chi connectivity index (χ4n) is 2.53. The molecule has 3 aromatic rings. The molecule has 4 N–H and O–H groups in total. The Morgan fingerprint density at radius 3 is 2.57 bits per heavy atom. The summed E-state index contributed by atoms with van der Waals surface area (Å²) in [4.78, 5) is 32.7. The van der Waals surface area contributed by atoms with Crippen molar-refractivity contribution in [2.24, 2.45) is 5.73 Å². The Hall–Kier alpha value is -2.50. The van der Waals surface area contributed by atoms with Crippen molar-refractivity contribution in [1.82, 2.24) is 9.97 Å². The quantitative estimate of drug-likeness (QED) is 0.421. The van der Waals surface area contributed by atoms with Crippen LogP contribution in [0.25, 0.3) is 10.6 Å². The topological polar surface area (TPSA) is 119 Å². The maximum absolute atomic E-state index is 11.5. The van der Waals surface area contributed by atoms with E-state index in [9.17, 15) is 9.59 Å². The van der Waals surface area contributed by atoms with E-state index < -0.39 is 5.91 Å². The molecule has 2 amide bonds. The maximum atomic E-state index is 11.5. The Morgan fingerprint density at radius 2 is 1.93 bits per heavy atom. The van der Waals surface area contributed by atoms with Crippen molar-refractivity contribution in [3.8, 4) is 16.3 Å². The van der Waals surface area contributed by atoms with Gasteiger partial charge in [0.25, 0.3) is 0 Å². The van der Waals surface area contributed by atoms with E-state index in [2.05, 4.69) is 20.6 Å². The van der Waals surface area contributed by atoms with Crippen LogP contribution in [0.4, 0.5) is 16.0 Å². The molecule has 0 atom stereocenters. The third kappa shape index (κ3) is 5.77. The van der Waals surface area contributed by atoms with Crippen LogP contribution in [0.2, 0.25) is 0 Å². The molecule has 160 valence electrons. The van der Waals surface area contributed by atoms with E-state index in [4.69, 9.17) is 10.5 Å². The summed E-state index contributed by atoms with van der Waals surface area (Å²) in [6.07, 6.45) is -0.0335. The molecule has 0 bridgehead atoms. The summed E-state index contributed by atoms with van der Waals surface area (Å²) in [5, 5.41) is 8.97. The molecule has 30 heavy (non-hydrogen) atoms.